The molecule has 6 fully saturated rings. The standard InChI is InChI=1S/C25H37BrO4/c1-14(5-10-20(27)29-4)17-8-9-18-19-7-6-15-13-16-11-12-23(15,2)25(19,30-16)22(28)21(26)24(17,18)3/h14-19,21H,5-13H2,1-4H3. The van der Waals surface area contributed by atoms with Crippen LogP contribution in [0.3, 0.4) is 0 Å². The van der Waals surface area contributed by atoms with Crippen molar-refractivity contribution in [1.29, 1.82) is 0 Å². The Morgan fingerprint density at radius 1 is 1.20 bits per heavy atom. The predicted molar refractivity (Wildman–Crippen MR) is 118 cm³/mol. The van der Waals surface area contributed by atoms with Crippen LogP contribution in [0.5, 0.6) is 0 Å². The summed E-state index contributed by atoms with van der Waals surface area (Å²) >= 11 is 3.98. The lowest BCUT2D eigenvalue weighted by Gasteiger charge is -2.71. The lowest BCUT2D eigenvalue weighted by Crippen LogP contribution is -2.77. The molecule has 0 amide bonds. The van der Waals surface area contributed by atoms with E-state index in [4.69, 9.17) is 9.47 Å². The summed E-state index contributed by atoms with van der Waals surface area (Å²) in [6, 6.07) is 0. The molecule has 0 aromatic carbocycles. The molecule has 2 saturated heterocycles. The smallest absolute Gasteiger partial charge is 0.305 e. The van der Waals surface area contributed by atoms with Gasteiger partial charge in [-0.15, -0.1) is 0 Å². The van der Waals surface area contributed by atoms with Crippen molar-refractivity contribution < 1.29 is 19.1 Å². The van der Waals surface area contributed by atoms with Gasteiger partial charge in [-0.25, -0.2) is 0 Å². The minimum absolute atomic E-state index is 0.00366. The van der Waals surface area contributed by atoms with Gasteiger partial charge in [0.2, 0.25) is 0 Å². The lowest BCUT2D eigenvalue weighted by atomic mass is 9.40. The zero-order valence-electron chi connectivity index (χ0n) is 18.9. The average molecular weight is 481 g/mol. The zero-order valence-corrected chi connectivity index (χ0v) is 20.5. The largest absolute Gasteiger partial charge is 0.469 e. The zero-order chi connectivity index (χ0) is 21.5. The third-order valence-electron chi connectivity index (χ3n) is 10.7. The molecule has 30 heavy (non-hydrogen) atoms. The number of hydrogen-bond acceptors (Lipinski definition) is 4. The second-order valence-electron chi connectivity index (χ2n) is 11.5. The molecule has 2 heterocycles. The third kappa shape index (κ3) is 2.48. The van der Waals surface area contributed by atoms with E-state index in [9.17, 15) is 9.59 Å². The van der Waals surface area contributed by atoms with Crippen LogP contribution >= 0.6 is 15.9 Å². The first-order valence-corrected chi connectivity index (χ1v) is 13.0. The number of Topliss-reactive ketones (excluding diaryl/α,β-unsaturated/α-hetero) is 1. The quantitative estimate of drug-likeness (QED) is 0.404. The van der Waals surface area contributed by atoms with Crippen LogP contribution in [0.25, 0.3) is 0 Å². The van der Waals surface area contributed by atoms with Crippen LogP contribution in [0.2, 0.25) is 0 Å². The molecule has 6 aliphatic rings. The number of carbonyl (C=O) groups is 2. The Labute approximate surface area is 189 Å². The SMILES string of the molecule is COC(=O)CCC(C)C1CCC2C3CCC4CC5CCC4(C)C3(O5)C(=O)C(Br)C12C. The Kier molecular flexibility index (Phi) is 5.03. The molecule has 0 N–H and O–H groups in total. The number of esters is 1. The van der Waals surface area contributed by atoms with Crippen LogP contribution in [-0.4, -0.2) is 35.4 Å². The van der Waals surface area contributed by atoms with Gasteiger partial charge in [0.15, 0.2) is 5.78 Å². The monoisotopic (exact) mass is 480 g/mol. The molecule has 10 unspecified atom stereocenters. The fourth-order valence-corrected chi connectivity index (χ4v) is 10.2. The van der Waals surface area contributed by atoms with Crippen LogP contribution in [0, 0.1) is 40.4 Å². The van der Waals surface area contributed by atoms with Gasteiger partial charge in [0.1, 0.15) is 5.60 Å². The van der Waals surface area contributed by atoms with E-state index in [1.807, 2.05) is 0 Å². The second kappa shape index (κ2) is 7.04. The summed E-state index contributed by atoms with van der Waals surface area (Å²) in [5, 5.41) is 0. The number of halogens is 1. The molecular weight excluding hydrogens is 444 g/mol. The average Bonchev–Trinajstić information content (AvgIpc) is 3.08. The summed E-state index contributed by atoms with van der Waals surface area (Å²) in [7, 11) is 1.46. The molecule has 0 aromatic rings. The highest BCUT2D eigenvalue weighted by Crippen LogP contribution is 2.73. The van der Waals surface area contributed by atoms with Crippen LogP contribution in [0.15, 0.2) is 0 Å². The topological polar surface area (TPSA) is 52.6 Å². The first-order chi connectivity index (χ1) is 14.2. The maximum absolute atomic E-state index is 14.3. The van der Waals surface area contributed by atoms with E-state index in [2.05, 4.69) is 36.7 Å². The predicted octanol–water partition coefficient (Wildman–Crippen LogP) is 5.31. The molecule has 1 spiro atoms. The maximum atomic E-state index is 14.3. The highest BCUT2D eigenvalue weighted by Gasteiger charge is 2.77. The first-order valence-electron chi connectivity index (χ1n) is 12.1. The highest BCUT2D eigenvalue weighted by molar-refractivity contribution is 9.10. The molecule has 2 aliphatic heterocycles. The van der Waals surface area contributed by atoms with Crippen molar-refractivity contribution in [2.24, 2.45) is 40.4 Å². The Hall–Kier alpha value is -0.420. The van der Waals surface area contributed by atoms with Crippen molar-refractivity contribution >= 4 is 27.7 Å². The van der Waals surface area contributed by atoms with Crippen LogP contribution in [0.4, 0.5) is 0 Å². The van der Waals surface area contributed by atoms with Gasteiger partial charge in [-0.1, -0.05) is 36.7 Å². The normalized spacial score (nSPS) is 52.5. The number of methoxy groups -OCH3 is 1. The van der Waals surface area contributed by atoms with Crippen molar-refractivity contribution in [3.63, 3.8) is 0 Å². The number of carbonyl (C=O) groups excluding carboxylic acids is 2. The van der Waals surface area contributed by atoms with E-state index < -0.39 is 5.60 Å². The van der Waals surface area contributed by atoms with E-state index in [0.717, 1.165) is 38.5 Å². The summed E-state index contributed by atoms with van der Waals surface area (Å²) in [4.78, 5) is 25.8. The van der Waals surface area contributed by atoms with Crippen LogP contribution in [-0.2, 0) is 19.1 Å². The Balaban J connectivity index is 1.49. The number of rotatable bonds is 4. The van der Waals surface area contributed by atoms with Gasteiger partial charge in [0.05, 0.1) is 18.0 Å². The number of alkyl halides is 1. The summed E-state index contributed by atoms with van der Waals surface area (Å²) < 4.78 is 11.7. The molecule has 4 saturated carbocycles. The molecule has 10 atom stereocenters. The molecule has 4 aliphatic carbocycles. The molecule has 4 bridgehead atoms. The van der Waals surface area contributed by atoms with Crippen LogP contribution < -0.4 is 0 Å². The minimum atomic E-state index is -0.570. The molecule has 5 heteroatoms. The Morgan fingerprint density at radius 3 is 2.67 bits per heavy atom. The Morgan fingerprint density at radius 2 is 1.93 bits per heavy atom. The summed E-state index contributed by atoms with van der Waals surface area (Å²) in [5.41, 5.74) is -0.630. The van der Waals surface area contributed by atoms with Crippen molar-refractivity contribution in [1.82, 2.24) is 0 Å². The van der Waals surface area contributed by atoms with Crippen molar-refractivity contribution in [2.75, 3.05) is 7.11 Å². The van der Waals surface area contributed by atoms with E-state index >= 15 is 0 Å². The lowest BCUT2D eigenvalue weighted by molar-refractivity contribution is -0.306. The summed E-state index contributed by atoms with van der Waals surface area (Å²) in [5.74, 6) is 2.57. The van der Waals surface area contributed by atoms with Gasteiger partial charge in [0, 0.05) is 11.8 Å². The van der Waals surface area contributed by atoms with Gasteiger partial charge in [-0.05, 0) is 86.4 Å². The second-order valence-corrected chi connectivity index (χ2v) is 12.4. The fourth-order valence-electron chi connectivity index (χ4n) is 9.18. The fraction of sp³-hybridized carbons (Fsp3) is 0.920. The molecule has 168 valence electrons. The third-order valence-corrected chi connectivity index (χ3v) is 12.1. The number of ketones is 1. The summed E-state index contributed by atoms with van der Waals surface area (Å²) in [6.07, 6.45) is 9.73. The number of ether oxygens (including phenoxy) is 2. The first kappa shape index (κ1) is 21.4. The number of fused-ring (bicyclic) bond motifs is 3. The van der Waals surface area contributed by atoms with Crippen molar-refractivity contribution in [2.45, 2.75) is 95.1 Å². The van der Waals surface area contributed by atoms with Gasteiger partial charge < -0.3 is 9.47 Å². The van der Waals surface area contributed by atoms with Gasteiger partial charge in [-0.2, -0.15) is 0 Å². The van der Waals surface area contributed by atoms with E-state index in [-0.39, 0.29) is 27.7 Å². The molecular formula is C25H37BrO4. The van der Waals surface area contributed by atoms with Crippen LogP contribution in [0.1, 0.15) is 78.6 Å². The Bertz CT molecular complexity index is 753. The molecule has 0 aromatic heterocycles. The highest BCUT2D eigenvalue weighted by atomic mass is 79.9. The molecule has 6 rings (SSSR count). The minimum Gasteiger partial charge on any atom is -0.469 e. The van der Waals surface area contributed by atoms with E-state index in [1.165, 1.54) is 20.0 Å². The van der Waals surface area contributed by atoms with Gasteiger partial charge in [-0.3, -0.25) is 9.59 Å². The van der Waals surface area contributed by atoms with E-state index in [1.54, 1.807) is 0 Å². The van der Waals surface area contributed by atoms with Gasteiger partial charge in [0.25, 0.3) is 0 Å². The van der Waals surface area contributed by atoms with Crippen molar-refractivity contribution in [3.8, 4) is 0 Å². The van der Waals surface area contributed by atoms with Crippen molar-refractivity contribution in [3.05, 3.63) is 0 Å². The van der Waals surface area contributed by atoms with E-state index in [0.29, 0.717) is 41.8 Å². The van der Waals surface area contributed by atoms with Gasteiger partial charge >= 0.3 is 5.97 Å². The molecule has 0 radical (unpaired) electrons. The summed E-state index contributed by atoms with van der Waals surface area (Å²) in [6.45, 7) is 7.02. The number of hydrogen-bond donors (Lipinski definition) is 0. The molecule has 4 nitrogen and oxygen atoms in total. The maximum Gasteiger partial charge on any atom is 0.305 e.